The molecule has 0 aromatic rings. The summed E-state index contributed by atoms with van der Waals surface area (Å²) in [6.45, 7) is 10.2. The minimum atomic E-state index is 0.376. The standard InChI is InChI=1S/C12H24N2/c1-11(2)5-8-14-9-6-12(3,13-4)7-10-14/h5,13H,6-10H2,1-4H3. The summed E-state index contributed by atoms with van der Waals surface area (Å²) in [4.78, 5) is 2.53. The van der Waals surface area contributed by atoms with Crippen molar-refractivity contribution in [1.82, 2.24) is 10.2 Å². The van der Waals surface area contributed by atoms with Gasteiger partial charge in [0.25, 0.3) is 0 Å². The average Bonchev–Trinajstić information content (AvgIpc) is 2.17. The zero-order chi connectivity index (χ0) is 10.6. The fourth-order valence-electron chi connectivity index (χ4n) is 1.79. The Bertz CT molecular complexity index is 196. The van der Waals surface area contributed by atoms with Crippen LogP contribution in [-0.2, 0) is 0 Å². The quantitative estimate of drug-likeness (QED) is 0.695. The van der Waals surface area contributed by atoms with Crippen LogP contribution in [0.4, 0.5) is 0 Å². The van der Waals surface area contributed by atoms with Crippen LogP contribution in [-0.4, -0.2) is 37.1 Å². The van der Waals surface area contributed by atoms with Crippen LogP contribution in [0.25, 0.3) is 0 Å². The molecule has 0 unspecified atom stereocenters. The molecular weight excluding hydrogens is 172 g/mol. The van der Waals surface area contributed by atoms with Gasteiger partial charge in [-0.3, -0.25) is 4.90 Å². The first-order chi connectivity index (χ1) is 6.56. The van der Waals surface area contributed by atoms with Gasteiger partial charge in [-0.1, -0.05) is 11.6 Å². The molecule has 82 valence electrons. The first kappa shape index (κ1) is 11.7. The van der Waals surface area contributed by atoms with E-state index in [1.807, 2.05) is 0 Å². The summed E-state index contributed by atoms with van der Waals surface area (Å²) >= 11 is 0. The molecule has 2 heteroatoms. The van der Waals surface area contributed by atoms with E-state index in [1.165, 1.54) is 31.5 Å². The summed E-state index contributed by atoms with van der Waals surface area (Å²) in [5, 5.41) is 3.42. The molecule has 1 N–H and O–H groups in total. The van der Waals surface area contributed by atoms with Gasteiger partial charge in [0.2, 0.25) is 0 Å². The van der Waals surface area contributed by atoms with Gasteiger partial charge >= 0.3 is 0 Å². The van der Waals surface area contributed by atoms with Crippen LogP contribution >= 0.6 is 0 Å². The summed E-state index contributed by atoms with van der Waals surface area (Å²) in [7, 11) is 2.08. The molecule has 1 heterocycles. The van der Waals surface area contributed by atoms with Crippen molar-refractivity contribution in [3.8, 4) is 0 Å². The van der Waals surface area contributed by atoms with Crippen LogP contribution < -0.4 is 5.32 Å². The molecule has 0 amide bonds. The number of nitrogens with one attached hydrogen (secondary N) is 1. The third-order valence-electron chi connectivity index (χ3n) is 3.32. The molecule has 14 heavy (non-hydrogen) atoms. The lowest BCUT2D eigenvalue weighted by Crippen LogP contribution is -2.49. The molecule has 0 aliphatic carbocycles. The lowest BCUT2D eigenvalue weighted by molar-refractivity contribution is 0.164. The van der Waals surface area contributed by atoms with E-state index in [2.05, 4.69) is 44.1 Å². The molecule has 1 aliphatic heterocycles. The van der Waals surface area contributed by atoms with Crippen molar-refractivity contribution in [2.24, 2.45) is 0 Å². The molecule has 0 bridgehead atoms. The normalized spacial score (nSPS) is 22.0. The smallest absolute Gasteiger partial charge is 0.0174 e. The van der Waals surface area contributed by atoms with Crippen molar-refractivity contribution >= 4 is 0 Å². The number of nitrogens with zero attached hydrogens (tertiary/aromatic N) is 1. The van der Waals surface area contributed by atoms with Crippen LogP contribution in [0, 0.1) is 0 Å². The van der Waals surface area contributed by atoms with E-state index in [0.29, 0.717) is 5.54 Å². The van der Waals surface area contributed by atoms with Crippen LogP contribution in [0.2, 0.25) is 0 Å². The van der Waals surface area contributed by atoms with Crippen molar-refractivity contribution in [3.63, 3.8) is 0 Å². The molecular formula is C12H24N2. The highest BCUT2D eigenvalue weighted by Crippen LogP contribution is 2.20. The van der Waals surface area contributed by atoms with Crippen LogP contribution in [0.15, 0.2) is 11.6 Å². The van der Waals surface area contributed by atoms with Crippen LogP contribution in [0.3, 0.4) is 0 Å². The molecule has 1 fully saturated rings. The second-order valence-corrected chi connectivity index (χ2v) is 4.89. The molecule has 1 rings (SSSR count). The Morgan fingerprint density at radius 3 is 2.36 bits per heavy atom. The number of rotatable bonds is 3. The van der Waals surface area contributed by atoms with Crippen molar-refractivity contribution in [3.05, 3.63) is 11.6 Å². The average molecular weight is 196 g/mol. The van der Waals surface area contributed by atoms with E-state index >= 15 is 0 Å². The van der Waals surface area contributed by atoms with Crippen LogP contribution in [0.1, 0.15) is 33.6 Å². The fourth-order valence-corrected chi connectivity index (χ4v) is 1.79. The Hall–Kier alpha value is -0.340. The summed E-state index contributed by atoms with van der Waals surface area (Å²) < 4.78 is 0. The summed E-state index contributed by atoms with van der Waals surface area (Å²) in [5.74, 6) is 0. The molecule has 0 aromatic heterocycles. The maximum atomic E-state index is 3.42. The second-order valence-electron chi connectivity index (χ2n) is 4.89. The van der Waals surface area contributed by atoms with Gasteiger partial charge in [-0.2, -0.15) is 0 Å². The van der Waals surface area contributed by atoms with Crippen molar-refractivity contribution in [2.75, 3.05) is 26.7 Å². The number of piperidine rings is 1. The predicted octanol–water partition coefficient (Wildman–Crippen LogP) is 2.03. The first-order valence-corrected chi connectivity index (χ1v) is 5.60. The number of hydrogen-bond donors (Lipinski definition) is 1. The monoisotopic (exact) mass is 196 g/mol. The topological polar surface area (TPSA) is 15.3 Å². The second kappa shape index (κ2) is 4.94. The van der Waals surface area contributed by atoms with E-state index in [-0.39, 0.29) is 0 Å². The minimum Gasteiger partial charge on any atom is -0.314 e. The highest BCUT2D eigenvalue weighted by Gasteiger charge is 2.27. The van der Waals surface area contributed by atoms with Crippen molar-refractivity contribution in [1.29, 1.82) is 0 Å². The van der Waals surface area contributed by atoms with Gasteiger partial charge in [0.05, 0.1) is 0 Å². The minimum absolute atomic E-state index is 0.376. The largest absolute Gasteiger partial charge is 0.314 e. The zero-order valence-corrected chi connectivity index (χ0v) is 10.1. The lowest BCUT2D eigenvalue weighted by Gasteiger charge is -2.39. The molecule has 0 radical (unpaired) electrons. The Kier molecular flexibility index (Phi) is 4.14. The van der Waals surface area contributed by atoms with E-state index in [1.54, 1.807) is 0 Å². The Balaban J connectivity index is 2.32. The lowest BCUT2D eigenvalue weighted by atomic mass is 9.90. The third-order valence-corrected chi connectivity index (χ3v) is 3.32. The van der Waals surface area contributed by atoms with Gasteiger partial charge < -0.3 is 5.32 Å². The van der Waals surface area contributed by atoms with E-state index in [4.69, 9.17) is 0 Å². The maximum absolute atomic E-state index is 3.42. The summed E-state index contributed by atoms with van der Waals surface area (Å²) in [6.07, 6.45) is 4.85. The maximum Gasteiger partial charge on any atom is 0.0174 e. The van der Waals surface area contributed by atoms with Gasteiger partial charge in [-0.05, 0) is 40.7 Å². The van der Waals surface area contributed by atoms with Crippen molar-refractivity contribution < 1.29 is 0 Å². The highest BCUT2D eigenvalue weighted by molar-refractivity contribution is 4.97. The number of allylic oxidation sites excluding steroid dienone is 1. The van der Waals surface area contributed by atoms with E-state index in [9.17, 15) is 0 Å². The van der Waals surface area contributed by atoms with Crippen LogP contribution in [0.5, 0.6) is 0 Å². The van der Waals surface area contributed by atoms with Gasteiger partial charge in [-0.15, -0.1) is 0 Å². The van der Waals surface area contributed by atoms with E-state index in [0.717, 1.165) is 6.54 Å². The molecule has 1 aliphatic rings. The first-order valence-electron chi connectivity index (χ1n) is 5.60. The van der Waals surface area contributed by atoms with Gasteiger partial charge in [0.1, 0.15) is 0 Å². The van der Waals surface area contributed by atoms with Gasteiger partial charge in [0.15, 0.2) is 0 Å². The number of hydrogen-bond acceptors (Lipinski definition) is 2. The Labute approximate surface area is 88.4 Å². The predicted molar refractivity (Wildman–Crippen MR) is 62.6 cm³/mol. The summed E-state index contributed by atoms with van der Waals surface area (Å²) in [5.41, 5.74) is 1.80. The highest BCUT2D eigenvalue weighted by atomic mass is 15.1. The fraction of sp³-hybridized carbons (Fsp3) is 0.833. The molecule has 0 atom stereocenters. The molecule has 0 aromatic carbocycles. The molecule has 2 nitrogen and oxygen atoms in total. The molecule has 1 saturated heterocycles. The SMILES string of the molecule is CNC1(C)CCN(CC=C(C)C)CC1. The Morgan fingerprint density at radius 1 is 1.36 bits per heavy atom. The Morgan fingerprint density at radius 2 is 1.93 bits per heavy atom. The van der Waals surface area contributed by atoms with E-state index < -0.39 is 0 Å². The zero-order valence-electron chi connectivity index (χ0n) is 10.1. The molecule has 0 saturated carbocycles. The molecule has 0 spiro atoms. The van der Waals surface area contributed by atoms with Gasteiger partial charge in [-0.25, -0.2) is 0 Å². The third kappa shape index (κ3) is 3.43. The van der Waals surface area contributed by atoms with Crippen molar-refractivity contribution in [2.45, 2.75) is 39.2 Å². The van der Waals surface area contributed by atoms with Gasteiger partial charge in [0, 0.05) is 25.2 Å². The summed E-state index contributed by atoms with van der Waals surface area (Å²) in [6, 6.07) is 0. The number of likely N-dealkylation sites (tertiary alicyclic amines) is 1.